The molecule has 0 bridgehead atoms. The van der Waals surface area contributed by atoms with Crippen LogP contribution in [0.4, 0.5) is 5.69 Å². The number of methoxy groups -OCH3 is 1. The third-order valence-electron chi connectivity index (χ3n) is 1.30. The molecule has 0 fully saturated rings. The van der Waals surface area contributed by atoms with E-state index in [9.17, 15) is 9.90 Å². The molecule has 0 radical (unpaired) electrons. The van der Waals surface area contributed by atoms with Gasteiger partial charge in [0.15, 0.2) is 0 Å². The number of nitrogen functional groups attached to an aromatic ring is 1. The van der Waals surface area contributed by atoms with Crippen molar-refractivity contribution in [3.63, 3.8) is 0 Å². The molecule has 1 aromatic rings. The summed E-state index contributed by atoms with van der Waals surface area (Å²) in [5.74, 6) is -1.21. The Morgan fingerprint density at radius 1 is 1.62 bits per heavy atom. The van der Waals surface area contributed by atoms with Crippen molar-refractivity contribution in [2.75, 3.05) is 12.8 Å². The van der Waals surface area contributed by atoms with E-state index in [1.807, 2.05) is 0 Å². The first-order chi connectivity index (χ1) is 5.65. The molecule has 64 valence electrons. The van der Waals surface area contributed by atoms with Gasteiger partial charge in [-0.2, -0.15) is 0 Å². The van der Waals surface area contributed by atoms with E-state index in [-0.39, 0.29) is 46.8 Å². The molecule has 13 heavy (non-hydrogen) atoms. The number of carbonyl (C=O) groups is 1. The molecule has 0 atom stereocenters. The predicted octanol–water partition coefficient (Wildman–Crippen LogP) is -3.96. The summed E-state index contributed by atoms with van der Waals surface area (Å²) < 4.78 is 4.70. The molecule has 1 aromatic heterocycles. The predicted molar refractivity (Wildman–Crippen MR) is 39.5 cm³/mol. The van der Waals surface area contributed by atoms with Gasteiger partial charge in [-0.3, -0.25) is 0 Å². The molecule has 6 heteroatoms. The number of carbonyl (C=O) groups excluding carboxylic acids is 1. The standard InChI is InChI=1S/C7H8N2O3.Na/c1-12-5-3-2-4(8)6(9-5)7(10)11;/h2-3H,8H2,1H3,(H,10,11);/q;+1/p-1. The first-order valence-electron chi connectivity index (χ1n) is 3.17. The average Bonchev–Trinajstić information content (AvgIpc) is 2.05. The van der Waals surface area contributed by atoms with Crippen LogP contribution < -0.4 is 45.1 Å². The molecule has 2 N–H and O–H groups in total. The molecule has 1 rings (SSSR count). The van der Waals surface area contributed by atoms with Gasteiger partial charge in [-0.05, 0) is 6.07 Å². The summed E-state index contributed by atoms with van der Waals surface area (Å²) in [5.41, 5.74) is 5.07. The summed E-state index contributed by atoms with van der Waals surface area (Å²) in [7, 11) is 1.39. The minimum absolute atomic E-state index is 0. The second kappa shape index (κ2) is 5.06. The summed E-state index contributed by atoms with van der Waals surface area (Å²) in [6, 6.07) is 2.87. The van der Waals surface area contributed by atoms with E-state index in [0.717, 1.165) is 0 Å². The molecule has 0 saturated heterocycles. The van der Waals surface area contributed by atoms with Gasteiger partial charge in [0.1, 0.15) is 5.69 Å². The van der Waals surface area contributed by atoms with Gasteiger partial charge in [0, 0.05) is 6.07 Å². The number of pyridine rings is 1. The smallest absolute Gasteiger partial charge is 0.543 e. The second-order valence-corrected chi connectivity index (χ2v) is 2.08. The van der Waals surface area contributed by atoms with Gasteiger partial charge in [-0.1, -0.05) is 0 Å². The van der Waals surface area contributed by atoms with Crippen LogP contribution in [0.5, 0.6) is 5.88 Å². The Labute approximate surface area is 97.2 Å². The van der Waals surface area contributed by atoms with E-state index in [4.69, 9.17) is 10.5 Å². The molecule has 0 aliphatic rings. The number of hydrogen-bond donors (Lipinski definition) is 1. The van der Waals surface area contributed by atoms with Crippen molar-refractivity contribution in [1.29, 1.82) is 0 Å². The van der Waals surface area contributed by atoms with Crippen LogP contribution in [0.25, 0.3) is 0 Å². The summed E-state index contributed by atoms with van der Waals surface area (Å²) >= 11 is 0. The van der Waals surface area contributed by atoms with Gasteiger partial charge in [0.2, 0.25) is 5.88 Å². The van der Waals surface area contributed by atoms with Crippen molar-refractivity contribution in [2.45, 2.75) is 0 Å². The summed E-state index contributed by atoms with van der Waals surface area (Å²) in [5, 5.41) is 10.4. The van der Waals surface area contributed by atoms with E-state index in [0.29, 0.717) is 0 Å². The molecule has 0 aliphatic heterocycles. The number of aromatic nitrogens is 1. The fourth-order valence-corrected chi connectivity index (χ4v) is 0.729. The van der Waals surface area contributed by atoms with Crippen LogP contribution in [0.1, 0.15) is 10.5 Å². The maximum Gasteiger partial charge on any atom is 1.00 e. The Hall–Kier alpha value is -0.780. The molecule has 5 nitrogen and oxygen atoms in total. The maximum absolute atomic E-state index is 10.4. The van der Waals surface area contributed by atoms with Crippen molar-refractivity contribution >= 4 is 11.7 Å². The van der Waals surface area contributed by atoms with E-state index >= 15 is 0 Å². The van der Waals surface area contributed by atoms with Crippen molar-refractivity contribution in [1.82, 2.24) is 4.98 Å². The van der Waals surface area contributed by atoms with Crippen LogP contribution in [0.2, 0.25) is 0 Å². The Morgan fingerprint density at radius 2 is 2.23 bits per heavy atom. The molecule has 0 saturated carbocycles. The van der Waals surface area contributed by atoms with E-state index in [1.54, 1.807) is 0 Å². The van der Waals surface area contributed by atoms with Gasteiger partial charge >= 0.3 is 29.6 Å². The van der Waals surface area contributed by atoms with E-state index < -0.39 is 5.97 Å². The number of nitrogens with two attached hydrogens (primary N) is 1. The first kappa shape index (κ1) is 12.2. The Balaban J connectivity index is 0.00000144. The van der Waals surface area contributed by atoms with Crippen LogP contribution in [-0.4, -0.2) is 18.1 Å². The Morgan fingerprint density at radius 3 is 2.69 bits per heavy atom. The molecular formula is C7H7N2NaO3. The van der Waals surface area contributed by atoms with Crippen LogP contribution in [-0.2, 0) is 0 Å². The first-order valence-corrected chi connectivity index (χ1v) is 3.17. The SMILES string of the molecule is COc1ccc(N)c(C(=O)[O-])n1.[Na+]. The zero-order valence-corrected chi connectivity index (χ0v) is 9.40. The fourth-order valence-electron chi connectivity index (χ4n) is 0.729. The molecule has 0 unspecified atom stereocenters. The maximum atomic E-state index is 10.4. The summed E-state index contributed by atoms with van der Waals surface area (Å²) in [6.45, 7) is 0. The zero-order chi connectivity index (χ0) is 9.14. The minimum atomic E-state index is -1.41. The molecule has 0 amide bonds. The van der Waals surface area contributed by atoms with Gasteiger partial charge < -0.3 is 20.4 Å². The quantitative estimate of drug-likeness (QED) is 0.481. The molecule has 0 aliphatic carbocycles. The van der Waals surface area contributed by atoms with Crippen LogP contribution in [0.3, 0.4) is 0 Å². The van der Waals surface area contributed by atoms with Crippen LogP contribution >= 0.6 is 0 Å². The number of anilines is 1. The largest absolute Gasteiger partial charge is 1.00 e. The Bertz CT molecular complexity index is 317. The fraction of sp³-hybridized carbons (Fsp3) is 0.143. The normalized spacial score (nSPS) is 8.69. The van der Waals surface area contributed by atoms with Gasteiger partial charge in [-0.25, -0.2) is 4.98 Å². The summed E-state index contributed by atoms with van der Waals surface area (Å²) in [4.78, 5) is 14.0. The number of nitrogens with zero attached hydrogens (tertiary/aromatic N) is 1. The number of carboxylic acids is 1. The summed E-state index contributed by atoms with van der Waals surface area (Å²) in [6.07, 6.45) is 0. The molecule has 0 spiro atoms. The van der Waals surface area contributed by atoms with Crippen LogP contribution in [0.15, 0.2) is 12.1 Å². The number of aromatic carboxylic acids is 1. The third kappa shape index (κ3) is 2.87. The average molecular weight is 190 g/mol. The van der Waals surface area contributed by atoms with E-state index in [2.05, 4.69) is 4.98 Å². The number of ether oxygens (including phenoxy) is 1. The Kier molecular flexibility index (Phi) is 4.76. The second-order valence-electron chi connectivity index (χ2n) is 2.08. The van der Waals surface area contributed by atoms with Crippen molar-refractivity contribution in [3.05, 3.63) is 17.8 Å². The van der Waals surface area contributed by atoms with E-state index in [1.165, 1.54) is 19.2 Å². The number of rotatable bonds is 2. The molecule has 1 heterocycles. The monoisotopic (exact) mass is 190 g/mol. The van der Waals surface area contributed by atoms with Gasteiger partial charge in [0.05, 0.1) is 18.8 Å². The topological polar surface area (TPSA) is 88.3 Å². The van der Waals surface area contributed by atoms with Crippen molar-refractivity contribution in [3.8, 4) is 5.88 Å². The zero-order valence-electron chi connectivity index (χ0n) is 7.40. The van der Waals surface area contributed by atoms with Gasteiger partial charge in [0.25, 0.3) is 0 Å². The van der Waals surface area contributed by atoms with Crippen molar-refractivity contribution in [2.24, 2.45) is 0 Å². The number of hydrogen-bond acceptors (Lipinski definition) is 5. The molecule has 0 aromatic carbocycles. The van der Waals surface area contributed by atoms with Gasteiger partial charge in [-0.15, -0.1) is 0 Å². The molecular weight excluding hydrogens is 183 g/mol. The number of carboxylic acid groups (broad SMARTS) is 1. The van der Waals surface area contributed by atoms with Crippen molar-refractivity contribution < 1.29 is 44.2 Å². The third-order valence-corrected chi connectivity index (χ3v) is 1.30. The van der Waals surface area contributed by atoms with Crippen LogP contribution in [0, 0.1) is 0 Å². The minimum Gasteiger partial charge on any atom is -0.543 e.